The summed E-state index contributed by atoms with van der Waals surface area (Å²) in [6.45, 7) is 3.26. The lowest BCUT2D eigenvalue weighted by atomic mass is 9.93. The van der Waals surface area contributed by atoms with Gasteiger partial charge in [-0.3, -0.25) is 4.79 Å². The van der Waals surface area contributed by atoms with Crippen LogP contribution in [0.15, 0.2) is 22.7 Å². The minimum atomic E-state index is -0.479. The van der Waals surface area contributed by atoms with Crippen molar-refractivity contribution < 1.29 is 9.18 Å². The first-order valence-corrected chi connectivity index (χ1v) is 7.61. The van der Waals surface area contributed by atoms with Gasteiger partial charge in [-0.15, -0.1) is 11.6 Å². The largest absolute Gasteiger partial charge is 0.339 e. The zero-order valence-electron chi connectivity index (χ0n) is 10.7. The molecule has 1 fully saturated rings. The molecule has 1 aliphatic heterocycles. The minimum Gasteiger partial charge on any atom is -0.339 e. The zero-order valence-corrected chi connectivity index (χ0v) is 13.0. The lowest BCUT2D eigenvalue weighted by Crippen LogP contribution is -2.40. The quantitative estimate of drug-likeness (QED) is 0.738. The normalized spacial score (nSPS) is 18.4. The van der Waals surface area contributed by atoms with Crippen molar-refractivity contribution in [3.05, 3.63) is 34.1 Å². The lowest BCUT2D eigenvalue weighted by Gasteiger charge is -2.33. The van der Waals surface area contributed by atoms with Crippen LogP contribution in [0.3, 0.4) is 0 Å². The van der Waals surface area contributed by atoms with Crippen LogP contribution in [0.4, 0.5) is 4.39 Å². The number of rotatable bonds is 2. The first kappa shape index (κ1) is 14.8. The standard InChI is InChI=1S/C14H16BrClFNO/c1-9(16)10-5-7-18(8-6-10)14(19)13-11(15)3-2-4-12(13)17/h2-4,9-10H,5-8H2,1H3. The number of alkyl halides is 1. The Balaban J connectivity index is 2.10. The summed E-state index contributed by atoms with van der Waals surface area (Å²) in [4.78, 5) is 14.0. The number of benzene rings is 1. The summed E-state index contributed by atoms with van der Waals surface area (Å²) in [6, 6.07) is 4.58. The molecule has 0 saturated carbocycles. The molecule has 5 heteroatoms. The number of halogens is 3. The fourth-order valence-corrected chi connectivity index (χ4v) is 3.19. The molecule has 1 aliphatic rings. The van der Waals surface area contributed by atoms with Crippen LogP contribution in [0.2, 0.25) is 0 Å². The number of carbonyl (C=O) groups is 1. The smallest absolute Gasteiger partial charge is 0.257 e. The summed E-state index contributed by atoms with van der Waals surface area (Å²) in [6.07, 6.45) is 1.75. The molecule has 0 spiro atoms. The summed E-state index contributed by atoms with van der Waals surface area (Å²) in [5, 5.41) is 0.123. The molecular formula is C14H16BrClFNO. The topological polar surface area (TPSA) is 20.3 Å². The average molecular weight is 349 g/mol. The van der Waals surface area contributed by atoms with Crippen LogP contribution in [0.1, 0.15) is 30.1 Å². The number of nitrogens with zero attached hydrogens (tertiary/aromatic N) is 1. The molecule has 2 rings (SSSR count). The third-order valence-corrected chi connectivity index (χ3v) is 4.67. The maximum absolute atomic E-state index is 13.8. The number of hydrogen-bond donors (Lipinski definition) is 0. The Bertz CT molecular complexity index is 452. The molecule has 0 bridgehead atoms. The Labute approximate surface area is 126 Å². The molecule has 0 aromatic heterocycles. The van der Waals surface area contributed by atoms with Gasteiger partial charge in [0.25, 0.3) is 5.91 Å². The summed E-state index contributed by atoms with van der Waals surface area (Å²) >= 11 is 9.32. The van der Waals surface area contributed by atoms with E-state index >= 15 is 0 Å². The molecule has 1 aromatic carbocycles. The number of piperidine rings is 1. The monoisotopic (exact) mass is 347 g/mol. The number of carbonyl (C=O) groups excluding carboxylic acids is 1. The van der Waals surface area contributed by atoms with Crippen LogP contribution < -0.4 is 0 Å². The number of amides is 1. The van der Waals surface area contributed by atoms with E-state index in [1.54, 1.807) is 17.0 Å². The number of hydrogen-bond acceptors (Lipinski definition) is 1. The molecular weight excluding hydrogens is 333 g/mol. The Morgan fingerprint density at radius 1 is 1.47 bits per heavy atom. The average Bonchev–Trinajstić information content (AvgIpc) is 2.38. The lowest BCUT2D eigenvalue weighted by molar-refractivity contribution is 0.0684. The van der Waals surface area contributed by atoms with Crippen LogP contribution in [0, 0.1) is 11.7 Å². The van der Waals surface area contributed by atoms with Crippen molar-refractivity contribution in [1.82, 2.24) is 4.90 Å². The van der Waals surface area contributed by atoms with Crippen LogP contribution in [-0.2, 0) is 0 Å². The summed E-state index contributed by atoms with van der Waals surface area (Å²) in [5.74, 6) is -0.285. The molecule has 19 heavy (non-hydrogen) atoms. The Kier molecular flexibility index (Phi) is 4.85. The van der Waals surface area contributed by atoms with E-state index in [1.807, 2.05) is 6.92 Å². The molecule has 0 N–H and O–H groups in total. The zero-order chi connectivity index (χ0) is 14.0. The molecule has 1 unspecified atom stereocenters. The van der Waals surface area contributed by atoms with Gasteiger partial charge in [0.05, 0.1) is 5.56 Å². The van der Waals surface area contributed by atoms with Gasteiger partial charge in [0.1, 0.15) is 5.82 Å². The van der Waals surface area contributed by atoms with Crippen molar-refractivity contribution in [2.24, 2.45) is 5.92 Å². The molecule has 104 valence electrons. The first-order valence-electron chi connectivity index (χ1n) is 6.38. The third kappa shape index (κ3) is 3.29. The first-order chi connectivity index (χ1) is 9.00. The summed E-state index contributed by atoms with van der Waals surface area (Å²) in [7, 11) is 0. The van der Waals surface area contributed by atoms with E-state index in [2.05, 4.69) is 15.9 Å². The fourth-order valence-electron chi connectivity index (χ4n) is 2.42. The second kappa shape index (κ2) is 6.23. The predicted molar refractivity (Wildman–Crippen MR) is 78.0 cm³/mol. The molecule has 1 amide bonds. The molecule has 0 radical (unpaired) electrons. The third-order valence-electron chi connectivity index (χ3n) is 3.65. The van der Waals surface area contributed by atoms with Crippen LogP contribution in [0.25, 0.3) is 0 Å². The highest BCUT2D eigenvalue weighted by molar-refractivity contribution is 9.10. The van der Waals surface area contributed by atoms with Gasteiger partial charge in [0.2, 0.25) is 0 Å². The maximum atomic E-state index is 13.8. The van der Waals surface area contributed by atoms with Crippen molar-refractivity contribution in [3.63, 3.8) is 0 Å². The van der Waals surface area contributed by atoms with E-state index in [-0.39, 0.29) is 16.8 Å². The minimum absolute atomic E-state index is 0.123. The van der Waals surface area contributed by atoms with Crippen LogP contribution in [-0.4, -0.2) is 29.3 Å². The molecule has 2 nitrogen and oxygen atoms in total. The Hall–Kier alpha value is -0.610. The van der Waals surface area contributed by atoms with Crippen LogP contribution in [0.5, 0.6) is 0 Å². The van der Waals surface area contributed by atoms with Gasteiger partial charge in [-0.25, -0.2) is 4.39 Å². The van der Waals surface area contributed by atoms with Crippen molar-refractivity contribution >= 4 is 33.4 Å². The van der Waals surface area contributed by atoms with Crippen molar-refractivity contribution in [2.75, 3.05) is 13.1 Å². The van der Waals surface area contributed by atoms with Gasteiger partial charge in [-0.05, 0) is 53.7 Å². The van der Waals surface area contributed by atoms with Gasteiger partial charge in [0, 0.05) is 22.9 Å². The Morgan fingerprint density at radius 3 is 2.63 bits per heavy atom. The van der Waals surface area contributed by atoms with E-state index in [4.69, 9.17) is 11.6 Å². The SMILES string of the molecule is CC(Cl)C1CCN(C(=O)c2c(F)cccc2Br)CC1. The highest BCUT2D eigenvalue weighted by atomic mass is 79.9. The van der Waals surface area contributed by atoms with Gasteiger partial charge >= 0.3 is 0 Å². The fraction of sp³-hybridized carbons (Fsp3) is 0.500. The van der Waals surface area contributed by atoms with E-state index in [1.165, 1.54) is 6.07 Å². The van der Waals surface area contributed by atoms with Crippen molar-refractivity contribution in [3.8, 4) is 0 Å². The second-order valence-corrected chi connectivity index (χ2v) is 6.45. The van der Waals surface area contributed by atoms with E-state index in [9.17, 15) is 9.18 Å². The van der Waals surface area contributed by atoms with Gasteiger partial charge in [-0.2, -0.15) is 0 Å². The molecule has 1 aromatic rings. The summed E-state index contributed by atoms with van der Waals surface area (Å²) < 4.78 is 14.3. The number of likely N-dealkylation sites (tertiary alicyclic amines) is 1. The highest BCUT2D eigenvalue weighted by Crippen LogP contribution is 2.27. The van der Waals surface area contributed by atoms with Gasteiger partial charge in [0.15, 0.2) is 0 Å². The van der Waals surface area contributed by atoms with E-state index in [0.717, 1.165) is 12.8 Å². The molecule has 1 saturated heterocycles. The van der Waals surface area contributed by atoms with Crippen molar-refractivity contribution in [1.29, 1.82) is 0 Å². The summed E-state index contributed by atoms with van der Waals surface area (Å²) in [5.41, 5.74) is 0.125. The van der Waals surface area contributed by atoms with Crippen LogP contribution >= 0.6 is 27.5 Å². The predicted octanol–water partition coefficient (Wildman–Crippen LogP) is 4.07. The second-order valence-electron chi connectivity index (χ2n) is 4.90. The Morgan fingerprint density at radius 2 is 2.11 bits per heavy atom. The molecule has 1 heterocycles. The van der Waals surface area contributed by atoms with E-state index in [0.29, 0.717) is 23.5 Å². The van der Waals surface area contributed by atoms with Gasteiger partial charge < -0.3 is 4.90 Å². The van der Waals surface area contributed by atoms with Crippen molar-refractivity contribution in [2.45, 2.75) is 25.1 Å². The molecule has 0 aliphatic carbocycles. The molecule has 1 atom stereocenters. The highest BCUT2D eigenvalue weighted by Gasteiger charge is 2.28. The van der Waals surface area contributed by atoms with E-state index < -0.39 is 5.82 Å². The maximum Gasteiger partial charge on any atom is 0.257 e. The van der Waals surface area contributed by atoms with Gasteiger partial charge in [-0.1, -0.05) is 6.07 Å².